The third kappa shape index (κ3) is 9.75. The topological polar surface area (TPSA) is 255 Å². The molecule has 248 valence electrons. The quantitative estimate of drug-likeness (QED) is 0.0796. The largest absolute Gasteiger partial charge is 0.353 e. The van der Waals surface area contributed by atoms with E-state index in [1.54, 1.807) is 0 Å². The van der Waals surface area contributed by atoms with Crippen LogP contribution >= 0.6 is 0 Å². The summed E-state index contributed by atoms with van der Waals surface area (Å²) in [4.78, 5) is 76.2. The van der Waals surface area contributed by atoms with Gasteiger partial charge in [0.05, 0.1) is 12.1 Å². The summed E-state index contributed by atoms with van der Waals surface area (Å²) in [6.07, 6.45) is 4.10. The highest BCUT2D eigenvalue weighted by molar-refractivity contribution is 6.29. The van der Waals surface area contributed by atoms with Crippen molar-refractivity contribution >= 4 is 35.2 Å². The first-order chi connectivity index (χ1) is 22.1. The second-order valence-electron chi connectivity index (χ2n) is 11.1. The van der Waals surface area contributed by atoms with Crippen LogP contribution in [0, 0.1) is 0 Å². The molecule has 0 bridgehead atoms. The van der Waals surface area contributed by atoms with Crippen molar-refractivity contribution in [2.45, 2.75) is 50.6 Å². The van der Waals surface area contributed by atoms with Crippen LogP contribution in [0.15, 0.2) is 36.4 Å². The Balaban J connectivity index is 1.53. The van der Waals surface area contributed by atoms with Gasteiger partial charge in [0, 0.05) is 59.6 Å². The fraction of sp³-hybridized carbons (Fsp3) is 0.438. The number of ketones is 2. The number of nitrogens with two attached hydrogens (primary N) is 4. The van der Waals surface area contributed by atoms with E-state index in [4.69, 9.17) is 22.9 Å². The Morgan fingerprint density at radius 1 is 0.543 bits per heavy atom. The van der Waals surface area contributed by atoms with E-state index in [9.17, 15) is 28.8 Å². The first-order valence-electron chi connectivity index (χ1n) is 15.5. The summed E-state index contributed by atoms with van der Waals surface area (Å²) < 4.78 is 0. The third-order valence-corrected chi connectivity index (χ3v) is 7.57. The van der Waals surface area contributed by atoms with E-state index >= 15 is 0 Å². The Kier molecular flexibility index (Phi) is 14.0. The van der Waals surface area contributed by atoms with Gasteiger partial charge in [-0.25, -0.2) is 0 Å². The van der Waals surface area contributed by atoms with Crippen molar-refractivity contribution in [1.29, 1.82) is 0 Å². The number of carbonyl (C=O) groups is 6. The van der Waals surface area contributed by atoms with Crippen molar-refractivity contribution in [2.24, 2.45) is 22.9 Å². The second kappa shape index (κ2) is 17.8. The van der Waals surface area contributed by atoms with Gasteiger partial charge in [-0.1, -0.05) is 12.8 Å². The summed E-state index contributed by atoms with van der Waals surface area (Å²) in [7, 11) is 0. The number of fused-ring (bicyclic) bond motifs is 2. The zero-order valence-electron chi connectivity index (χ0n) is 25.9. The fourth-order valence-electron chi connectivity index (χ4n) is 4.90. The normalized spacial score (nSPS) is 13.2. The smallest absolute Gasteiger partial charge is 0.251 e. The summed E-state index contributed by atoms with van der Waals surface area (Å²) in [5, 5.41) is 10.7. The van der Waals surface area contributed by atoms with Gasteiger partial charge >= 0.3 is 0 Å². The molecular weight excluding hydrogens is 592 g/mol. The van der Waals surface area contributed by atoms with E-state index < -0.39 is 35.5 Å². The summed E-state index contributed by atoms with van der Waals surface area (Å²) in [5.41, 5.74) is 23.4. The number of hydrogen-bond acceptors (Lipinski definition) is 10. The van der Waals surface area contributed by atoms with Crippen molar-refractivity contribution < 1.29 is 28.8 Å². The lowest BCUT2D eigenvalue weighted by molar-refractivity contribution is -0.123. The van der Waals surface area contributed by atoms with E-state index in [-0.39, 0.29) is 71.4 Å². The molecule has 0 heterocycles. The van der Waals surface area contributed by atoms with Gasteiger partial charge < -0.3 is 44.2 Å². The molecule has 1 aliphatic rings. The SMILES string of the molecule is NCCCC[C@H](N)C(=O)NCCNC(=O)c1ccc2c(c1)C(=O)c1ccc(C(=O)NCCNC(=O)[C@@H](N)CCCCN)cc1C2=O. The number of nitrogens with one attached hydrogen (secondary N) is 4. The Morgan fingerprint density at radius 2 is 0.913 bits per heavy atom. The number of hydrogen-bond donors (Lipinski definition) is 8. The number of rotatable bonds is 18. The molecule has 0 radical (unpaired) electrons. The predicted octanol–water partition coefficient (Wildman–Crippen LogP) is -0.933. The van der Waals surface area contributed by atoms with Crippen LogP contribution in [0.4, 0.5) is 0 Å². The van der Waals surface area contributed by atoms with Gasteiger partial charge in [-0.05, 0) is 75.2 Å². The molecule has 3 rings (SSSR count). The summed E-state index contributed by atoms with van der Waals surface area (Å²) in [6, 6.07) is 7.10. The summed E-state index contributed by atoms with van der Waals surface area (Å²) >= 11 is 0. The fourth-order valence-corrected chi connectivity index (χ4v) is 4.90. The van der Waals surface area contributed by atoms with Gasteiger partial charge in [-0.15, -0.1) is 0 Å². The lowest BCUT2D eigenvalue weighted by Crippen LogP contribution is -2.43. The molecule has 0 saturated heterocycles. The van der Waals surface area contributed by atoms with Crippen LogP contribution in [0.3, 0.4) is 0 Å². The van der Waals surface area contributed by atoms with E-state index in [1.165, 1.54) is 36.4 Å². The molecule has 2 aromatic rings. The van der Waals surface area contributed by atoms with Crippen molar-refractivity contribution in [3.8, 4) is 0 Å². The zero-order chi connectivity index (χ0) is 33.6. The van der Waals surface area contributed by atoms with E-state index in [0.717, 1.165) is 25.7 Å². The minimum atomic E-state index is -0.652. The van der Waals surface area contributed by atoms with Crippen LogP contribution in [0.1, 0.15) is 91.1 Å². The lowest BCUT2D eigenvalue weighted by Gasteiger charge is -2.19. The van der Waals surface area contributed by atoms with Gasteiger partial charge in [-0.2, -0.15) is 0 Å². The average molecular weight is 637 g/mol. The molecule has 46 heavy (non-hydrogen) atoms. The molecule has 2 aromatic carbocycles. The molecule has 1 aliphatic carbocycles. The Morgan fingerprint density at radius 3 is 1.28 bits per heavy atom. The van der Waals surface area contributed by atoms with Crippen molar-refractivity contribution in [2.75, 3.05) is 39.3 Å². The predicted molar refractivity (Wildman–Crippen MR) is 172 cm³/mol. The van der Waals surface area contributed by atoms with E-state index in [2.05, 4.69) is 21.3 Å². The maximum absolute atomic E-state index is 13.3. The summed E-state index contributed by atoms with van der Waals surface area (Å²) in [6.45, 7) is 1.66. The van der Waals surface area contributed by atoms with Crippen LogP contribution in [0.2, 0.25) is 0 Å². The molecule has 0 unspecified atom stereocenters. The molecular formula is C32H44N8O6. The lowest BCUT2D eigenvalue weighted by atomic mass is 9.82. The minimum Gasteiger partial charge on any atom is -0.353 e. The average Bonchev–Trinajstić information content (AvgIpc) is 3.06. The maximum atomic E-state index is 13.3. The number of carbonyl (C=O) groups excluding carboxylic acids is 6. The monoisotopic (exact) mass is 636 g/mol. The molecule has 0 fully saturated rings. The maximum Gasteiger partial charge on any atom is 0.251 e. The number of amides is 4. The van der Waals surface area contributed by atoms with E-state index in [1.807, 2.05) is 0 Å². The molecule has 0 spiro atoms. The number of unbranched alkanes of at least 4 members (excludes halogenated alkanes) is 2. The van der Waals surface area contributed by atoms with Crippen LogP contribution in [-0.4, -0.2) is 86.5 Å². The van der Waals surface area contributed by atoms with Crippen molar-refractivity contribution in [3.05, 3.63) is 69.8 Å². The molecule has 14 heteroatoms. The van der Waals surface area contributed by atoms with Gasteiger partial charge in [-0.3, -0.25) is 28.8 Å². The Bertz CT molecular complexity index is 1340. The van der Waals surface area contributed by atoms with Crippen LogP contribution in [0.5, 0.6) is 0 Å². The number of benzene rings is 2. The first-order valence-corrected chi connectivity index (χ1v) is 15.5. The highest BCUT2D eigenvalue weighted by Gasteiger charge is 2.31. The first kappa shape index (κ1) is 36.0. The molecule has 4 amide bonds. The molecule has 14 nitrogen and oxygen atoms in total. The highest BCUT2D eigenvalue weighted by atomic mass is 16.2. The van der Waals surface area contributed by atoms with Crippen molar-refractivity contribution in [1.82, 2.24) is 21.3 Å². The van der Waals surface area contributed by atoms with Crippen LogP contribution < -0.4 is 44.2 Å². The molecule has 2 atom stereocenters. The van der Waals surface area contributed by atoms with Crippen LogP contribution in [-0.2, 0) is 9.59 Å². The molecule has 12 N–H and O–H groups in total. The van der Waals surface area contributed by atoms with E-state index in [0.29, 0.717) is 25.9 Å². The highest BCUT2D eigenvalue weighted by Crippen LogP contribution is 2.29. The molecule has 0 aromatic heterocycles. The zero-order valence-corrected chi connectivity index (χ0v) is 25.9. The van der Waals surface area contributed by atoms with Crippen LogP contribution in [0.25, 0.3) is 0 Å². The van der Waals surface area contributed by atoms with Gasteiger partial charge in [0.1, 0.15) is 0 Å². The third-order valence-electron chi connectivity index (χ3n) is 7.57. The Hall–Kier alpha value is -4.50. The van der Waals surface area contributed by atoms with Crippen molar-refractivity contribution in [3.63, 3.8) is 0 Å². The van der Waals surface area contributed by atoms with Gasteiger partial charge in [0.15, 0.2) is 11.6 Å². The Labute approximate surface area is 267 Å². The summed E-state index contributed by atoms with van der Waals surface area (Å²) in [5.74, 6) is -2.50. The van der Waals surface area contributed by atoms with Gasteiger partial charge in [0.25, 0.3) is 11.8 Å². The standard InChI is InChI=1S/C32H44N8O6/c33-11-3-1-5-25(35)31(45)39-15-13-37-29(43)19-7-9-21-23(17-19)27(41)22-10-8-20(18-24(22)28(21)42)30(44)38-14-16-40-32(46)26(36)6-2-4-12-34/h7-10,17-18,25-26H,1-6,11-16,33-36H2,(H,37,43)(H,38,44)(H,39,45)(H,40,46)/t25-,26-/m0/s1. The molecule has 0 saturated carbocycles. The molecule has 0 aliphatic heterocycles. The van der Waals surface area contributed by atoms with Gasteiger partial charge in [0.2, 0.25) is 11.8 Å². The second-order valence-corrected chi connectivity index (χ2v) is 11.1. The minimum absolute atomic E-state index is 0.0797.